The van der Waals surface area contributed by atoms with Gasteiger partial charge < -0.3 is 5.32 Å². The molecule has 0 unspecified atom stereocenters. The van der Waals surface area contributed by atoms with E-state index in [-0.39, 0.29) is 0 Å². The van der Waals surface area contributed by atoms with Crippen LogP contribution in [0, 0.1) is 0 Å². The van der Waals surface area contributed by atoms with E-state index in [9.17, 15) is 0 Å². The molecule has 4 rings (SSSR count). The Labute approximate surface area is 147 Å². The molecule has 3 nitrogen and oxygen atoms in total. The standard InChI is InChI=1S/C22H17N3/c1-2-8-17(9-3-1)18-10-6-11-19(16-18)24-22-14-7-13-21(25-22)20-12-4-5-15-23-20/h1-16H,(H,24,25). The fourth-order valence-electron chi connectivity index (χ4n) is 2.72. The lowest BCUT2D eigenvalue weighted by molar-refractivity contribution is 1.24. The van der Waals surface area contributed by atoms with Gasteiger partial charge in [-0.2, -0.15) is 0 Å². The third-order valence-electron chi connectivity index (χ3n) is 3.92. The van der Waals surface area contributed by atoms with E-state index in [0.29, 0.717) is 0 Å². The second kappa shape index (κ2) is 6.97. The van der Waals surface area contributed by atoms with Crippen LogP contribution in [0.25, 0.3) is 22.5 Å². The van der Waals surface area contributed by atoms with Crippen LogP contribution < -0.4 is 5.32 Å². The zero-order valence-corrected chi connectivity index (χ0v) is 13.6. The molecule has 0 saturated carbocycles. The van der Waals surface area contributed by atoms with Gasteiger partial charge in [-0.15, -0.1) is 0 Å². The van der Waals surface area contributed by atoms with E-state index < -0.39 is 0 Å². The van der Waals surface area contributed by atoms with Gasteiger partial charge in [0.1, 0.15) is 5.82 Å². The molecule has 0 fully saturated rings. The van der Waals surface area contributed by atoms with Gasteiger partial charge in [-0.05, 0) is 47.5 Å². The highest BCUT2D eigenvalue weighted by Crippen LogP contribution is 2.25. The van der Waals surface area contributed by atoms with Crippen molar-refractivity contribution in [1.82, 2.24) is 9.97 Å². The summed E-state index contributed by atoms with van der Waals surface area (Å²) in [6, 6.07) is 30.4. The molecule has 0 aliphatic rings. The highest BCUT2D eigenvalue weighted by atomic mass is 15.0. The molecule has 25 heavy (non-hydrogen) atoms. The van der Waals surface area contributed by atoms with Crippen molar-refractivity contribution in [3.05, 3.63) is 97.2 Å². The zero-order valence-electron chi connectivity index (χ0n) is 13.6. The van der Waals surface area contributed by atoms with E-state index in [1.807, 2.05) is 66.7 Å². The van der Waals surface area contributed by atoms with Crippen molar-refractivity contribution in [3.63, 3.8) is 0 Å². The van der Waals surface area contributed by atoms with Crippen LogP contribution >= 0.6 is 0 Å². The first-order valence-electron chi connectivity index (χ1n) is 8.19. The van der Waals surface area contributed by atoms with Gasteiger partial charge in [0.2, 0.25) is 0 Å². The lowest BCUT2D eigenvalue weighted by Crippen LogP contribution is -1.95. The van der Waals surface area contributed by atoms with Crippen molar-refractivity contribution in [3.8, 4) is 22.5 Å². The summed E-state index contributed by atoms with van der Waals surface area (Å²) in [6.07, 6.45) is 1.78. The van der Waals surface area contributed by atoms with E-state index >= 15 is 0 Å². The Morgan fingerprint density at radius 1 is 0.600 bits per heavy atom. The Morgan fingerprint density at radius 3 is 2.20 bits per heavy atom. The minimum Gasteiger partial charge on any atom is -0.340 e. The minimum absolute atomic E-state index is 0.799. The molecule has 0 amide bonds. The molecule has 2 heterocycles. The Kier molecular flexibility index (Phi) is 4.21. The fourth-order valence-corrected chi connectivity index (χ4v) is 2.72. The monoisotopic (exact) mass is 323 g/mol. The third kappa shape index (κ3) is 3.56. The maximum Gasteiger partial charge on any atom is 0.131 e. The molecule has 1 N–H and O–H groups in total. The summed E-state index contributed by atoms with van der Waals surface area (Å²) in [4.78, 5) is 9.03. The minimum atomic E-state index is 0.799. The van der Waals surface area contributed by atoms with Crippen LogP contribution in [0.5, 0.6) is 0 Å². The van der Waals surface area contributed by atoms with Gasteiger partial charge >= 0.3 is 0 Å². The van der Waals surface area contributed by atoms with Crippen molar-refractivity contribution in [2.75, 3.05) is 5.32 Å². The van der Waals surface area contributed by atoms with Crippen molar-refractivity contribution >= 4 is 11.5 Å². The average Bonchev–Trinajstić information content (AvgIpc) is 2.70. The van der Waals surface area contributed by atoms with E-state index in [0.717, 1.165) is 22.9 Å². The molecular formula is C22H17N3. The van der Waals surface area contributed by atoms with Gasteiger partial charge in [0, 0.05) is 11.9 Å². The Balaban J connectivity index is 1.61. The maximum absolute atomic E-state index is 4.67. The SMILES string of the molecule is c1ccc(-c2cccc(Nc3cccc(-c4ccccn4)n3)c2)cc1. The first-order valence-corrected chi connectivity index (χ1v) is 8.19. The fraction of sp³-hybridized carbons (Fsp3) is 0. The lowest BCUT2D eigenvalue weighted by Gasteiger charge is -2.09. The molecule has 0 aliphatic heterocycles. The molecule has 0 bridgehead atoms. The molecule has 120 valence electrons. The summed E-state index contributed by atoms with van der Waals surface area (Å²) in [7, 11) is 0. The van der Waals surface area contributed by atoms with Gasteiger partial charge in [-0.25, -0.2) is 4.98 Å². The third-order valence-corrected chi connectivity index (χ3v) is 3.92. The van der Waals surface area contributed by atoms with Crippen LogP contribution in [0.4, 0.5) is 11.5 Å². The van der Waals surface area contributed by atoms with Gasteiger partial charge in [0.15, 0.2) is 0 Å². The quantitative estimate of drug-likeness (QED) is 0.535. The summed E-state index contributed by atoms with van der Waals surface area (Å²) >= 11 is 0. The van der Waals surface area contributed by atoms with E-state index in [4.69, 9.17) is 0 Å². The molecule has 0 aliphatic carbocycles. The number of nitrogens with zero attached hydrogens (tertiary/aromatic N) is 2. The molecule has 4 aromatic rings. The second-order valence-electron chi connectivity index (χ2n) is 5.69. The lowest BCUT2D eigenvalue weighted by atomic mass is 10.1. The first-order chi connectivity index (χ1) is 12.4. The number of hydrogen-bond acceptors (Lipinski definition) is 3. The number of pyridine rings is 2. The topological polar surface area (TPSA) is 37.8 Å². The summed E-state index contributed by atoms with van der Waals surface area (Å²) in [6.45, 7) is 0. The molecule has 0 saturated heterocycles. The predicted molar refractivity (Wildman–Crippen MR) is 103 cm³/mol. The number of anilines is 2. The number of aromatic nitrogens is 2. The first kappa shape index (κ1) is 15.1. The maximum atomic E-state index is 4.67. The Hall–Kier alpha value is -3.46. The normalized spacial score (nSPS) is 10.4. The van der Waals surface area contributed by atoms with Crippen LogP contribution in [0.15, 0.2) is 97.2 Å². The Bertz CT molecular complexity index is 885. The van der Waals surface area contributed by atoms with Crippen molar-refractivity contribution in [2.24, 2.45) is 0 Å². The van der Waals surface area contributed by atoms with Crippen molar-refractivity contribution < 1.29 is 0 Å². The van der Waals surface area contributed by atoms with Gasteiger partial charge in [0.25, 0.3) is 0 Å². The molecule has 2 aromatic carbocycles. The van der Waals surface area contributed by atoms with Crippen LogP contribution in [0.1, 0.15) is 0 Å². The van der Waals surface area contributed by atoms with Crippen LogP contribution in [-0.4, -0.2) is 9.97 Å². The summed E-state index contributed by atoms with van der Waals surface area (Å²) in [5, 5.41) is 3.39. The van der Waals surface area contributed by atoms with Crippen molar-refractivity contribution in [2.45, 2.75) is 0 Å². The van der Waals surface area contributed by atoms with E-state index in [1.54, 1.807) is 6.20 Å². The smallest absolute Gasteiger partial charge is 0.131 e. The molecule has 0 atom stereocenters. The van der Waals surface area contributed by atoms with E-state index in [2.05, 4.69) is 39.6 Å². The number of rotatable bonds is 4. The number of hydrogen-bond donors (Lipinski definition) is 1. The summed E-state index contributed by atoms with van der Waals surface area (Å²) in [5.41, 5.74) is 5.09. The predicted octanol–water partition coefficient (Wildman–Crippen LogP) is 5.55. The van der Waals surface area contributed by atoms with Crippen LogP contribution in [-0.2, 0) is 0 Å². The highest BCUT2D eigenvalue weighted by Gasteiger charge is 2.03. The van der Waals surface area contributed by atoms with E-state index in [1.165, 1.54) is 11.1 Å². The second-order valence-corrected chi connectivity index (χ2v) is 5.69. The van der Waals surface area contributed by atoms with Crippen LogP contribution in [0.3, 0.4) is 0 Å². The van der Waals surface area contributed by atoms with Crippen LogP contribution in [0.2, 0.25) is 0 Å². The summed E-state index contributed by atoms with van der Waals surface area (Å²) in [5.74, 6) is 0.799. The molecule has 0 spiro atoms. The average molecular weight is 323 g/mol. The van der Waals surface area contributed by atoms with Gasteiger partial charge in [-0.3, -0.25) is 4.98 Å². The van der Waals surface area contributed by atoms with Gasteiger partial charge in [0.05, 0.1) is 11.4 Å². The largest absolute Gasteiger partial charge is 0.340 e. The highest BCUT2D eigenvalue weighted by molar-refractivity contribution is 5.70. The number of nitrogens with one attached hydrogen (secondary N) is 1. The summed E-state index contributed by atoms with van der Waals surface area (Å²) < 4.78 is 0. The molecule has 2 aromatic heterocycles. The zero-order chi connectivity index (χ0) is 16.9. The Morgan fingerprint density at radius 2 is 1.36 bits per heavy atom. The molecule has 3 heteroatoms. The van der Waals surface area contributed by atoms with Crippen molar-refractivity contribution in [1.29, 1.82) is 0 Å². The molecule has 0 radical (unpaired) electrons. The molecular weight excluding hydrogens is 306 g/mol. The van der Waals surface area contributed by atoms with Gasteiger partial charge in [-0.1, -0.05) is 54.6 Å². The number of benzene rings is 2.